The van der Waals surface area contributed by atoms with Gasteiger partial charge in [-0.2, -0.15) is 0 Å². The van der Waals surface area contributed by atoms with Crippen LogP contribution in [-0.4, -0.2) is 64.6 Å². The van der Waals surface area contributed by atoms with E-state index in [4.69, 9.17) is 14.5 Å². The number of piperidine rings is 1. The molecule has 1 fully saturated rings. The molecule has 2 N–H and O–H groups in total. The highest BCUT2D eigenvalue weighted by Crippen LogP contribution is 2.39. The summed E-state index contributed by atoms with van der Waals surface area (Å²) in [7, 11) is -3.77. The van der Waals surface area contributed by atoms with Gasteiger partial charge in [0.05, 0.1) is 29.2 Å². The second-order valence-electron chi connectivity index (χ2n) is 12.6. The van der Waals surface area contributed by atoms with E-state index in [2.05, 4.69) is 25.0 Å². The molecule has 0 saturated carbocycles. The lowest BCUT2D eigenvalue weighted by atomic mass is 10.0. The minimum absolute atomic E-state index is 0.0603. The van der Waals surface area contributed by atoms with Crippen molar-refractivity contribution in [3.63, 3.8) is 0 Å². The molecule has 2 unspecified atom stereocenters. The summed E-state index contributed by atoms with van der Waals surface area (Å²) in [5, 5.41) is 4.50. The standard InChI is InChI=1S/C39H36FN7O5S/c1-26-15-16-31-32(12-7-14-35(31)46-53(49,50)25-29-11-5-6-18-41-29)36(26)52-37-33(13-8-19-42-37)34-17-20-43-38(45-34)44-30-21-28(40)22-47(23-30)39(48)51-24-27-9-3-2-4-10-27/h2-20,28,30,46H,21-25H2,1H3,(H,43,44,45). The zero-order valence-corrected chi connectivity index (χ0v) is 29.5. The Kier molecular flexibility index (Phi) is 10.4. The Labute approximate surface area is 306 Å². The number of alkyl halides is 1. The number of pyridine rings is 2. The SMILES string of the molecule is Cc1ccc2c(NS(=O)(=O)Cc3ccccn3)cccc2c1Oc1ncccc1-c1ccnc(NC2CC(F)CN(C(=O)OCc3ccccc3)C2)n1. The van der Waals surface area contributed by atoms with Gasteiger partial charge in [-0.3, -0.25) is 9.71 Å². The first kappa shape index (κ1) is 35.3. The number of carbonyl (C=O) groups is 1. The number of amides is 1. The molecule has 4 heterocycles. The highest BCUT2D eigenvalue weighted by molar-refractivity contribution is 7.91. The number of halogens is 1. The topological polar surface area (TPSA) is 149 Å². The van der Waals surface area contributed by atoms with Crippen molar-refractivity contribution in [3.8, 4) is 22.9 Å². The van der Waals surface area contributed by atoms with Crippen LogP contribution in [0.4, 0.5) is 20.8 Å². The first-order valence-electron chi connectivity index (χ1n) is 17.0. The minimum atomic E-state index is -3.77. The first-order chi connectivity index (χ1) is 25.7. The Balaban J connectivity index is 1.09. The predicted molar refractivity (Wildman–Crippen MR) is 200 cm³/mol. The Morgan fingerprint density at radius 1 is 0.868 bits per heavy atom. The highest BCUT2D eigenvalue weighted by Gasteiger charge is 2.31. The van der Waals surface area contributed by atoms with Gasteiger partial charge in [0, 0.05) is 48.4 Å². The summed E-state index contributed by atoms with van der Waals surface area (Å²) >= 11 is 0. The molecule has 53 heavy (non-hydrogen) atoms. The normalized spacial score (nSPS) is 15.8. The molecule has 0 bridgehead atoms. The Morgan fingerprint density at radius 3 is 2.53 bits per heavy atom. The molecule has 1 saturated heterocycles. The fraction of sp³-hybridized carbons (Fsp3) is 0.205. The second kappa shape index (κ2) is 15.6. The van der Waals surface area contributed by atoms with Gasteiger partial charge in [-0.15, -0.1) is 0 Å². The van der Waals surface area contributed by atoms with Gasteiger partial charge in [-0.05, 0) is 54.4 Å². The molecule has 2 atom stereocenters. The van der Waals surface area contributed by atoms with E-state index in [-0.39, 0.29) is 43.7 Å². The molecule has 3 aromatic heterocycles. The van der Waals surface area contributed by atoms with E-state index in [1.807, 2.05) is 61.5 Å². The van der Waals surface area contributed by atoms with E-state index in [0.29, 0.717) is 39.2 Å². The molecule has 1 aliphatic heterocycles. The predicted octanol–water partition coefficient (Wildman–Crippen LogP) is 7.29. The molecule has 270 valence electrons. The van der Waals surface area contributed by atoms with Crippen LogP contribution < -0.4 is 14.8 Å². The largest absolute Gasteiger partial charge is 0.445 e. The lowest BCUT2D eigenvalue weighted by Gasteiger charge is -2.34. The number of benzene rings is 3. The lowest BCUT2D eigenvalue weighted by Crippen LogP contribution is -2.50. The fourth-order valence-electron chi connectivity index (χ4n) is 6.17. The minimum Gasteiger partial charge on any atom is -0.445 e. The number of nitrogens with zero attached hydrogens (tertiary/aromatic N) is 5. The molecule has 1 aliphatic rings. The number of likely N-dealkylation sites (tertiary alicyclic amines) is 1. The summed E-state index contributed by atoms with van der Waals surface area (Å²) < 4.78 is 55.7. The van der Waals surface area contributed by atoms with E-state index in [1.54, 1.807) is 61.1 Å². The van der Waals surface area contributed by atoms with Gasteiger partial charge in [0.2, 0.25) is 21.9 Å². The molecule has 12 nitrogen and oxygen atoms in total. The van der Waals surface area contributed by atoms with E-state index in [9.17, 15) is 17.6 Å². The van der Waals surface area contributed by atoms with E-state index in [0.717, 1.165) is 11.1 Å². The van der Waals surface area contributed by atoms with Gasteiger partial charge in [0.1, 0.15) is 24.3 Å². The molecule has 6 aromatic rings. The molecule has 0 spiro atoms. The summed E-state index contributed by atoms with van der Waals surface area (Å²) in [6.07, 6.45) is 3.05. The van der Waals surface area contributed by atoms with Crippen molar-refractivity contribution < 1.29 is 27.1 Å². The summed E-state index contributed by atoms with van der Waals surface area (Å²) in [6.45, 7) is 2.14. The van der Waals surface area contributed by atoms with Crippen molar-refractivity contribution in [1.29, 1.82) is 0 Å². The lowest BCUT2D eigenvalue weighted by molar-refractivity contribution is 0.0685. The third-order valence-electron chi connectivity index (χ3n) is 8.64. The van der Waals surface area contributed by atoms with Crippen molar-refractivity contribution in [3.05, 3.63) is 132 Å². The quantitative estimate of drug-likeness (QED) is 0.139. The van der Waals surface area contributed by atoms with Gasteiger partial charge >= 0.3 is 6.09 Å². The van der Waals surface area contributed by atoms with Gasteiger partial charge in [-0.1, -0.05) is 60.7 Å². The monoisotopic (exact) mass is 733 g/mol. The zero-order chi connectivity index (χ0) is 36.8. The average molecular weight is 734 g/mol. The van der Waals surface area contributed by atoms with Gasteiger partial charge < -0.3 is 19.7 Å². The van der Waals surface area contributed by atoms with Crippen LogP contribution in [0.2, 0.25) is 0 Å². The summed E-state index contributed by atoms with van der Waals surface area (Å²) in [4.78, 5) is 31.9. The molecular formula is C39H36FN7O5S. The zero-order valence-electron chi connectivity index (χ0n) is 28.7. The van der Waals surface area contributed by atoms with Crippen molar-refractivity contribution in [2.45, 2.75) is 37.9 Å². The van der Waals surface area contributed by atoms with Gasteiger partial charge in [-0.25, -0.2) is 32.6 Å². The number of aryl methyl sites for hydroxylation is 1. The second-order valence-corrected chi connectivity index (χ2v) is 14.4. The van der Waals surface area contributed by atoms with E-state index in [1.165, 1.54) is 4.90 Å². The molecule has 14 heteroatoms. The van der Waals surface area contributed by atoms with Crippen LogP contribution in [0.25, 0.3) is 22.0 Å². The maximum absolute atomic E-state index is 14.9. The van der Waals surface area contributed by atoms with Crippen LogP contribution in [0.15, 0.2) is 116 Å². The maximum atomic E-state index is 14.9. The number of anilines is 2. The number of ether oxygens (including phenoxy) is 2. The van der Waals surface area contributed by atoms with Crippen molar-refractivity contribution in [2.24, 2.45) is 0 Å². The van der Waals surface area contributed by atoms with Crippen LogP contribution in [0, 0.1) is 6.92 Å². The van der Waals surface area contributed by atoms with Crippen molar-refractivity contribution >= 4 is 38.5 Å². The van der Waals surface area contributed by atoms with Gasteiger partial charge in [0.25, 0.3) is 0 Å². The molecule has 0 radical (unpaired) electrons. The molecular weight excluding hydrogens is 698 g/mol. The van der Waals surface area contributed by atoms with Crippen molar-refractivity contribution in [2.75, 3.05) is 23.1 Å². The molecule has 1 amide bonds. The van der Waals surface area contributed by atoms with E-state index >= 15 is 0 Å². The third kappa shape index (κ3) is 8.67. The number of aromatic nitrogens is 4. The van der Waals surface area contributed by atoms with Crippen LogP contribution >= 0.6 is 0 Å². The summed E-state index contributed by atoms with van der Waals surface area (Å²) in [5.41, 5.74) is 3.54. The molecule has 7 rings (SSSR count). The number of sulfonamides is 1. The first-order valence-corrected chi connectivity index (χ1v) is 18.6. The fourth-order valence-corrected chi connectivity index (χ4v) is 7.32. The third-order valence-corrected chi connectivity index (χ3v) is 9.84. The molecule has 3 aromatic carbocycles. The highest BCUT2D eigenvalue weighted by atomic mass is 32.2. The van der Waals surface area contributed by atoms with Crippen molar-refractivity contribution in [1.82, 2.24) is 24.8 Å². The number of rotatable bonds is 11. The number of fused-ring (bicyclic) bond motifs is 1. The summed E-state index contributed by atoms with van der Waals surface area (Å²) in [6, 6.07) is 28.3. The number of hydrogen-bond donors (Lipinski definition) is 2. The number of carbonyl (C=O) groups excluding carboxylic acids is 1. The van der Waals surface area contributed by atoms with E-state index < -0.39 is 28.3 Å². The Morgan fingerprint density at radius 2 is 1.70 bits per heavy atom. The molecule has 0 aliphatic carbocycles. The average Bonchev–Trinajstić information content (AvgIpc) is 3.15. The Hall–Kier alpha value is -6.15. The van der Waals surface area contributed by atoms with Crippen LogP contribution in [0.1, 0.15) is 23.2 Å². The Bertz CT molecular complexity index is 2330. The van der Waals surface area contributed by atoms with Gasteiger partial charge in [0.15, 0.2) is 0 Å². The van der Waals surface area contributed by atoms with Crippen LogP contribution in [-0.2, 0) is 27.1 Å². The smallest absolute Gasteiger partial charge is 0.410 e. The van der Waals surface area contributed by atoms with Crippen LogP contribution in [0.3, 0.4) is 0 Å². The maximum Gasteiger partial charge on any atom is 0.410 e. The number of hydrogen-bond acceptors (Lipinski definition) is 10. The van der Waals surface area contributed by atoms with Crippen LogP contribution in [0.5, 0.6) is 11.6 Å². The summed E-state index contributed by atoms with van der Waals surface area (Å²) in [5.74, 6) is 0.734. The number of nitrogens with one attached hydrogen (secondary N) is 2.